The number of benzene rings is 1. The summed E-state index contributed by atoms with van der Waals surface area (Å²) >= 11 is 11.5. The van der Waals surface area contributed by atoms with Gasteiger partial charge in [-0.25, -0.2) is 14.1 Å². The largest absolute Gasteiger partial charge is 0.335 e. The lowest BCUT2D eigenvalue weighted by Crippen LogP contribution is -2.53. The molecule has 0 unspecified atom stereocenters. The molecule has 1 N–H and O–H groups in total. The molecule has 0 aliphatic carbocycles. The summed E-state index contributed by atoms with van der Waals surface area (Å²) in [6.07, 6.45) is -0.504. The van der Waals surface area contributed by atoms with Gasteiger partial charge < -0.3 is 0 Å². The van der Waals surface area contributed by atoms with Gasteiger partial charge in [-0.3, -0.25) is 14.9 Å². The summed E-state index contributed by atoms with van der Waals surface area (Å²) in [5.41, 5.74) is -0.144. The van der Waals surface area contributed by atoms with Crippen LogP contribution < -0.4 is 10.2 Å². The third-order valence-electron chi connectivity index (χ3n) is 2.22. The molecule has 1 aromatic rings. The van der Waals surface area contributed by atoms with Crippen LogP contribution in [-0.2, 0) is 9.59 Å². The minimum absolute atomic E-state index is 0.144. The summed E-state index contributed by atoms with van der Waals surface area (Å²) in [7, 11) is 0. The van der Waals surface area contributed by atoms with Gasteiger partial charge in [-0.05, 0) is 12.1 Å². The van der Waals surface area contributed by atoms with Gasteiger partial charge in [0.25, 0.3) is 0 Å². The highest BCUT2D eigenvalue weighted by atomic mass is 35.5. The van der Waals surface area contributed by atoms with Crippen LogP contribution in [0.5, 0.6) is 0 Å². The van der Waals surface area contributed by atoms with Gasteiger partial charge in [0.2, 0.25) is 11.8 Å². The van der Waals surface area contributed by atoms with Gasteiger partial charge in [0.1, 0.15) is 12.2 Å². The van der Waals surface area contributed by atoms with Crippen LogP contribution in [0.3, 0.4) is 0 Å². The van der Waals surface area contributed by atoms with Crippen LogP contribution in [0.1, 0.15) is 6.42 Å². The molecule has 0 spiro atoms. The number of urea groups is 1. The number of hydrogen-bond donors (Lipinski definition) is 1. The Balaban J connectivity index is 2.52. The Morgan fingerprint density at radius 1 is 1.17 bits per heavy atom. The molecule has 4 amide bonds. The molecule has 1 aromatic carbocycles. The van der Waals surface area contributed by atoms with Crippen LogP contribution in [0.4, 0.5) is 14.9 Å². The quantitative estimate of drug-likeness (QED) is 0.806. The van der Waals surface area contributed by atoms with E-state index in [1.54, 1.807) is 0 Å². The highest BCUT2D eigenvalue weighted by Crippen LogP contribution is 2.35. The predicted octanol–water partition coefficient (Wildman–Crippen LogP) is 2.11. The Hall–Kier alpha value is -1.66. The molecule has 1 aliphatic rings. The number of halogens is 3. The van der Waals surface area contributed by atoms with E-state index in [9.17, 15) is 18.8 Å². The average molecular weight is 291 g/mol. The zero-order valence-corrected chi connectivity index (χ0v) is 10.2. The predicted molar refractivity (Wildman–Crippen MR) is 62.1 cm³/mol. The number of rotatable bonds is 1. The smallest absolute Gasteiger partial charge is 0.277 e. The normalized spacial score (nSPS) is 15.9. The van der Waals surface area contributed by atoms with E-state index in [2.05, 4.69) is 0 Å². The Kier molecular flexibility index (Phi) is 3.23. The minimum atomic E-state index is -0.966. The zero-order valence-electron chi connectivity index (χ0n) is 8.67. The first-order valence-electron chi connectivity index (χ1n) is 4.71. The fourth-order valence-electron chi connectivity index (χ4n) is 1.52. The maximum Gasteiger partial charge on any atom is 0.335 e. The van der Waals surface area contributed by atoms with E-state index in [1.807, 2.05) is 5.32 Å². The lowest BCUT2D eigenvalue weighted by molar-refractivity contribution is -0.128. The van der Waals surface area contributed by atoms with Crippen molar-refractivity contribution >= 4 is 46.7 Å². The van der Waals surface area contributed by atoms with E-state index in [0.29, 0.717) is 4.90 Å². The van der Waals surface area contributed by atoms with Crippen LogP contribution >= 0.6 is 23.2 Å². The van der Waals surface area contributed by atoms with Crippen molar-refractivity contribution in [2.75, 3.05) is 4.90 Å². The lowest BCUT2D eigenvalue weighted by atomic mass is 10.2. The number of amides is 4. The summed E-state index contributed by atoms with van der Waals surface area (Å²) in [4.78, 5) is 34.8. The highest BCUT2D eigenvalue weighted by Gasteiger charge is 2.34. The zero-order chi connectivity index (χ0) is 13.4. The molecule has 1 fully saturated rings. The first-order chi connectivity index (χ1) is 8.40. The Morgan fingerprint density at radius 2 is 1.72 bits per heavy atom. The van der Waals surface area contributed by atoms with E-state index >= 15 is 0 Å². The number of carbonyl (C=O) groups excluding carboxylic acids is 3. The molecular formula is C10H5Cl2FN2O3. The SMILES string of the molecule is O=C1CC(=O)N(c2c(Cl)cc(F)cc2Cl)C(=O)N1. The first-order valence-corrected chi connectivity index (χ1v) is 5.47. The molecule has 0 radical (unpaired) electrons. The van der Waals surface area contributed by atoms with E-state index in [-0.39, 0.29) is 15.7 Å². The Labute approximate surface area is 110 Å². The lowest BCUT2D eigenvalue weighted by Gasteiger charge is -2.26. The third-order valence-corrected chi connectivity index (χ3v) is 2.79. The number of carbonyl (C=O) groups is 3. The molecule has 1 saturated heterocycles. The number of hydrogen-bond acceptors (Lipinski definition) is 3. The molecule has 0 bridgehead atoms. The molecule has 0 saturated carbocycles. The molecule has 1 heterocycles. The number of barbiturate groups is 1. The molecule has 18 heavy (non-hydrogen) atoms. The fraction of sp³-hybridized carbons (Fsp3) is 0.100. The number of nitrogens with one attached hydrogen (secondary N) is 1. The Bertz CT molecular complexity index is 533. The highest BCUT2D eigenvalue weighted by molar-refractivity contribution is 6.42. The van der Waals surface area contributed by atoms with Gasteiger partial charge in [-0.2, -0.15) is 0 Å². The van der Waals surface area contributed by atoms with E-state index in [1.165, 1.54) is 0 Å². The first kappa shape index (κ1) is 12.8. The van der Waals surface area contributed by atoms with E-state index in [4.69, 9.17) is 23.2 Å². The maximum atomic E-state index is 13.0. The summed E-state index contributed by atoms with van der Waals surface area (Å²) in [5.74, 6) is -2.19. The van der Waals surface area contributed by atoms with Crippen molar-refractivity contribution in [3.8, 4) is 0 Å². The summed E-state index contributed by atoms with van der Waals surface area (Å²) < 4.78 is 13.0. The molecular weight excluding hydrogens is 286 g/mol. The van der Waals surface area contributed by atoms with Crippen molar-refractivity contribution in [2.24, 2.45) is 0 Å². The van der Waals surface area contributed by atoms with Crippen molar-refractivity contribution in [3.63, 3.8) is 0 Å². The average Bonchev–Trinajstić information content (AvgIpc) is 2.20. The molecule has 1 aliphatic heterocycles. The standard InChI is InChI=1S/C10H5Cl2FN2O3/c11-5-1-4(13)2-6(12)9(5)15-8(17)3-7(16)14-10(15)18/h1-2H,3H2,(H,14,16,18). The van der Waals surface area contributed by atoms with Crippen molar-refractivity contribution in [1.82, 2.24) is 5.32 Å². The number of nitrogens with zero attached hydrogens (tertiary/aromatic N) is 1. The fourth-order valence-corrected chi connectivity index (χ4v) is 2.15. The second-order valence-corrected chi connectivity index (χ2v) is 4.29. The van der Waals surface area contributed by atoms with Crippen molar-refractivity contribution in [3.05, 3.63) is 28.0 Å². The van der Waals surface area contributed by atoms with Crippen LogP contribution in [0, 0.1) is 5.82 Å². The summed E-state index contributed by atoms with van der Waals surface area (Å²) in [6, 6.07) is 0.867. The summed E-state index contributed by atoms with van der Waals surface area (Å²) in [6.45, 7) is 0. The van der Waals surface area contributed by atoms with Gasteiger partial charge in [-0.15, -0.1) is 0 Å². The van der Waals surface area contributed by atoms with Crippen LogP contribution in [0.15, 0.2) is 12.1 Å². The van der Waals surface area contributed by atoms with Gasteiger partial charge in [0.05, 0.1) is 15.7 Å². The second-order valence-electron chi connectivity index (χ2n) is 3.48. The molecule has 8 heteroatoms. The third kappa shape index (κ3) is 2.16. The monoisotopic (exact) mass is 290 g/mol. The minimum Gasteiger partial charge on any atom is -0.277 e. The number of imide groups is 2. The molecule has 5 nitrogen and oxygen atoms in total. The molecule has 94 valence electrons. The van der Waals surface area contributed by atoms with Gasteiger partial charge in [-0.1, -0.05) is 23.2 Å². The van der Waals surface area contributed by atoms with E-state index in [0.717, 1.165) is 12.1 Å². The summed E-state index contributed by atoms with van der Waals surface area (Å²) in [5, 5.41) is 1.55. The van der Waals surface area contributed by atoms with Gasteiger partial charge >= 0.3 is 6.03 Å². The second kappa shape index (κ2) is 4.55. The van der Waals surface area contributed by atoms with Crippen LogP contribution in [0.2, 0.25) is 10.0 Å². The molecule has 2 rings (SSSR count). The maximum absolute atomic E-state index is 13.0. The molecule has 0 aromatic heterocycles. The topological polar surface area (TPSA) is 66.5 Å². The van der Waals surface area contributed by atoms with Gasteiger partial charge in [0.15, 0.2) is 0 Å². The van der Waals surface area contributed by atoms with Gasteiger partial charge in [0, 0.05) is 0 Å². The van der Waals surface area contributed by atoms with E-state index < -0.39 is 30.1 Å². The van der Waals surface area contributed by atoms with Crippen molar-refractivity contribution in [1.29, 1.82) is 0 Å². The van der Waals surface area contributed by atoms with Crippen molar-refractivity contribution in [2.45, 2.75) is 6.42 Å². The van der Waals surface area contributed by atoms with Crippen LogP contribution in [-0.4, -0.2) is 17.8 Å². The molecule has 0 atom stereocenters. The Morgan fingerprint density at radius 3 is 2.22 bits per heavy atom. The number of anilines is 1. The van der Waals surface area contributed by atoms with Crippen LogP contribution in [0.25, 0.3) is 0 Å². The van der Waals surface area contributed by atoms with Crippen molar-refractivity contribution < 1.29 is 18.8 Å².